The van der Waals surface area contributed by atoms with E-state index in [1.165, 1.54) is 0 Å². The number of ether oxygens (including phenoxy) is 2. The highest BCUT2D eigenvalue weighted by molar-refractivity contribution is 6.23. The number of hydrogen-bond donors (Lipinski definition) is 1. The van der Waals surface area contributed by atoms with E-state index in [1.54, 1.807) is 42.5 Å². The molecule has 0 radical (unpaired) electrons. The van der Waals surface area contributed by atoms with Crippen LogP contribution in [0.4, 0.5) is 5.69 Å². The summed E-state index contributed by atoms with van der Waals surface area (Å²) in [7, 11) is 0. The summed E-state index contributed by atoms with van der Waals surface area (Å²) in [6.07, 6.45) is 0.197. The van der Waals surface area contributed by atoms with Crippen LogP contribution >= 0.6 is 0 Å². The number of imide groups is 1. The lowest BCUT2D eigenvalue weighted by Gasteiger charge is -2.26. The monoisotopic (exact) mass is 428 g/mol. The largest absolute Gasteiger partial charge is 0.486 e. The van der Waals surface area contributed by atoms with Gasteiger partial charge in [-0.2, -0.15) is 0 Å². The van der Waals surface area contributed by atoms with Crippen molar-refractivity contribution >= 4 is 23.4 Å². The molecule has 1 atom stereocenters. The second-order valence-corrected chi connectivity index (χ2v) is 7.58. The predicted octanol–water partition coefficient (Wildman–Crippen LogP) is 3.30. The quantitative estimate of drug-likeness (QED) is 0.631. The Bertz CT molecular complexity index is 1170. The molecule has 32 heavy (non-hydrogen) atoms. The smallest absolute Gasteiger partial charge is 0.262 e. The van der Waals surface area contributed by atoms with Gasteiger partial charge in [0.05, 0.1) is 11.1 Å². The molecule has 0 spiro atoms. The summed E-state index contributed by atoms with van der Waals surface area (Å²) in [5.74, 6) is -0.252. The minimum atomic E-state index is -1.02. The number of nitrogens with one attached hydrogen (secondary N) is 1. The lowest BCUT2D eigenvalue weighted by atomic mass is 10.0. The van der Waals surface area contributed by atoms with Crippen LogP contribution in [0.1, 0.15) is 26.3 Å². The Morgan fingerprint density at radius 1 is 0.844 bits per heavy atom. The van der Waals surface area contributed by atoms with Gasteiger partial charge in [-0.3, -0.25) is 19.3 Å². The van der Waals surface area contributed by atoms with Gasteiger partial charge in [-0.25, -0.2) is 0 Å². The molecule has 3 amide bonds. The number of rotatable bonds is 5. The van der Waals surface area contributed by atoms with E-state index in [2.05, 4.69) is 5.32 Å². The Morgan fingerprint density at radius 3 is 2.16 bits per heavy atom. The van der Waals surface area contributed by atoms with E-state index in [1.807, 2.05) is 30.3 Å². The number of benzene rings is 3. The van der Waals surface area contributed by atoms with Crippen molar-refractivity contribution < 1.29 is 23.9 Å². The highest BCUT2D eigenvalue weighted by Crippen LogP contribution is 2.33. The van der Waals surface area contributed by atoms with E-state index in [9.17, 15) is 14.4 Å². The number of hydrogen-bond acceptors (Lipinski definition) is 5. The topological polar surface area (TPSA) is 84.9 Å². The average molecular weight is 428 g/mol. The van der Waals surface area contributed by atoms with E-state index in [-0.39, 0.29) is 6.42 Å². The lowest BCUT2D eigenvalue weighted by molar-refractivity contribution is -0.119. The molecule has 1 N–H and O–H groups in total. The minimum absolute atomic E-state index is 0.197. The first-order valence-electron chi connectivity index (χ1n) is 10.3. The molecule has 5 rings (SSSR count). The standard InChI is InChI=1S/C25H20N2O5/c28-23(26-17-10-11-21-22(15-17)32-13-12-31-21)20(14-16-6-2-1-3-7-16)27-24(29)18-8-4-5-9-19(18)25(27)30/h1-11,15,20H,12-14H2,(H,26,28)/t20-/m1/s1. The molecule has 3 aromatic carbocycles. The molecule has 2 aliphatic heterocycles. The molecule has 0 saturated carbocycles. The summed E-state index contributed by atoms with van der Waals surface area (Å²) in [5.41, 5.74) is 1.95. The highest BCUT2D eigenvalue weighted by atomic mass is 16.6. The lowest BCUT2D eigenvalue weighted by Crippen LogP contribution is -2.48. The highest BCUT2D eigenvalue weighted by Gasteiger charge is 2.42. The zero-order chi connectivity index (χ0) is 22.1. The molecule has 0 unspecified atom stereocenters. The molecule has 7 nitrogen and oxygen atoms in total. The van der Waals surface area contributed by atoms with Gasteiger partial charge in [-0.15, -0.1) is 0 Å². The maximum atomic E-state index is 13.4. The molecular weight excluding hydrogens is 408 g/mol. The summed E-state index contributed by atoms with van der Waals surface area (Å²) >= 11 is 0. The first kappa shape index (κ1) is 19.8. The minimum Gasteiger partial charge on any atom is -0.486 e. The second kappa shape index (κ2) is 8.19. The molecular formula is C25H20N2O5. The number of carbonyl (C=O) groups is 3. The van der Waals surface area contributed by atoms with Crippen molar-refractivity contribution in [2.45, 2.75) is 12.5 Å². The van der Waals surface area contributed by atoms with Gasteiger partial charge in [-0.05, 0) is 29.8 Å². The SMILES string of the molecule is O=C(Nc1ccc2c(c1)OCCO2)[C@@H](Cc1ccccc1)N1C(=O)c2ccccc2C1=O. The van der Waals surface area contributed by atoms with Gasteiger partial charge in [0.1, 0.15) is 19.3 Å². The predicted molar refractivity (Wildman–Crippen MR) is 117 cm³/mol. The van der Waals surface area contributed by atoms with E-state index in [0.29, 0.717) is 41.5 Å². The zero-order valence-corrected chi connectivity index (χ0v) is 17.1. The van der Waals surface area contributed by atoms with Gasteiger partial charge in [0.25, 0.3) is 11.8 Å². The van der Waals surface area contributed by atoms with Crippen molar-refractivity contribution in [2.24, 2.45) is 0 Å². The molecule has 3 aromatic rings. The maximum Gasteiger partial charge on any atom is 0.262 e. The number of fused-ring (bicyclic) bond motifs is 2. The third-order valence-electron chi connectivity index (χ3n) is 5.52. The van der Waals surface area contributed by atoms with Gasteiger partial charge < -0.3 is 14.8 Å². The Labute approximate surface area is 184 Å². The Balaban J connectivity index is 1.46. The normalized spacial score (nSPS) is 15.3. The van der Waals surface area contributed by atoms with Crippen LogP contribution in [0.3, 0.4) is 0 Å². The summed E-state index contributed by atoms with van der Waals surface area (Å²) in [4.78, 5) is 40.6. The van der Waals surface area contributed by atoms with Crippen LogP contribution in [0.5, 0.6) is 11.5 Å². The van der Waals surface area contributed by atoms with E-state index >= 15 is 0 Å². The fourth-order valence-electron chi connectivity index (χ4n) is 3.98. The molecule has 0 bridgehead atoms. The van der Waals surface area contributed by atoms with Crippen LogP contribution in [0, 0.1) is 0 Å². The summed E-state index contributed by atoms with van der Waals surface area (Å²) in [5, 5.41) is 2.84. The Hall–Kier alpha value is -4.13. The maximum absolute atomic E-state index is 13.4. The van der Waals surface area contributed by atoms with Crippen LogP contribution in [0.2, 0.25) is 0 Å². The van der Waals surface area contributed by atoms with Crippen molar-refractivity contribution in [1.29, 1.82) is 0 Å². The van der Waals surface area contributed by atoms with Gasteiger partial charge in [0, 0.05) is 18.2 Å². The molecule has 2 heterocycles. The van der Waals surface area contributed by atoms with Crippen LogP contribution < -0.4 is 14.8 Å². The van der Waals surface area contributed by atoms with Crippen LogP contribution in [-0.2, 0) is 11.2 Å². The van der Waals surface area contributed by atoms with Gasteiger partial charge in [-0.1, -0.05) is 42.5 Å². The van der Waals surface area contributed by atoms with E-state index < -0.39 is 23.8 Å². The molecule has 160 valence electrons. The first-order valence-corrected chi connectivity index (χ1v) is 10.3. The van der Waals surface area contributed by atoms with Crippen molar-refractivity contribution in [3.63, 3.8) is 0 Å². The third-order valence-corrected chi connectivity index (χ3v) is 5.52. The van der Waals surface area contributed by atoms with Crippen molar-refractivity contribution in [1.82, 2.24) is 4.90 Å². The van der Waals surface area contributed by atoms with Crippen molar-refractivity contribution in [2.75, 3.05) is 18.5 Å². The summed E-state index contributed by atoms with van der Waals surface area (Å²) in [6, 6.07) is 20.0. The van der Waals surface area contributed by atoms with Crippen LogP contribution in [0.15, 0.2) is 72.8 Å². The summed E-state index contributed by atoms with van der Waals surface area (Å²) in [6.45, 7) is 0.896. The van der Waals surface area contributed by atoms with E-state index in [4.69, 9.17) is 9.47 Å². The van der Waals surface area contributed by atoms with Crippen molar-refractivity contribution in [3.8, 4) is 11.5 Å². The number of nitrogens with zero attached hydrogens (tertiary/aromatic N) is 1. The van der Waals surface area contributed by atoms with E-state index in [0.717, 1.165) is 10.5 Å². The van der Waals surface area contributed by atoms with Crippen molar-refractivity contribution in [3.05, 3.63) is 89.5 Å². The Morgan fingerprint density at radius 2 is 1.47 bits per heavy atom. The molecule has 7 heteroatoms. The second-order valence-electron chi connectivity index (χ2n) is 7.58. The summed E-state index contributed by atoms with van der Waals surface area (Å²) < 4.78 is 11.1. The van der Waals surface area contributed by atoms with Gasteiger partial charge in [0.15, 0.2) is 11.5 Å². The third kappa shape index (κ3) is 3.58. The number of anilines is 1. The van der Waals surface area contributed by atoms with Crippen LogP contribution in [0.25, 0.3) is 0 Å². The number of amides is 3. The number of carbonyl (C=O) groups excluding carboxylic acids is 3. The van der Waals surface area contributed by atoms with Gasteiger partial charge >= 0.3 is 0 Å². The molecule has 0 aromatic heterocycles. The molecule has 0 fully saturated rings. The van der Waals surface area contributed by atoms with Crippen LogP contribution in [-0.4, -0.2) is 41.9 Å². The fraction of sp³-hybridized carbons (Fsp3) is 0.160. The molecule has 0 saturated heterocycles. The zero-order valence-electron chi connectivity index (χ0n) is 17.1. The average Bonchev–Trinajstić information content (AvgIpc) is 3.08. The molecule has 0 aliphatic carbocycles. The first-order chi connectivity index (χ1) is 15.6. The molecule has 2 aliphatic rings. The fourth-order valence-corrected chi connectivity index (χ4v) is 3.98. The van der Waals surface area contributed by atoms with Gasteiger partial charge in [0.2, 0.25) is 5.91 Å². The Kier molecular flexibility index (Phi) is 5.07.